The average molecular weight is 425 g/mol. The van der Waals surface area contributed by atoms with E-state index in [4.69, 9.17) is 11.6 Å². The molecule has 2 aromatic rings. The number of aliphatic hydroxyl groups is 1. The molecule has 0 saturated heterocycles. The van der Waals surface area contributed by atoms with Gasteiger partial charge in [-0.05, 0) is 35.7 Å². The number of ketones is 1. The Balaban J connectivity index is 2.50. The van der Waals surface area contributed by atoms with Gasteiger partial charge >= 0.3 is 12.4 Å². The molecule has 2 nitrogen and oxygen atoms in total. The minimum atomic E-state index is -5.42. The summed E-state index contributed by atoms with van der Waals surface area (Å²) in [5.41, 5.74) is -5.71. The number of rotatable bonds is 5. The van der Waals surface area contributed by atoms with Gasteiger partial charge in [0.05, 0.1) is 12.0 Å². The van der Waals surface area contributed by atoms with E-state index in [0.717, 1.165) is 5.56 Å². The highest BCUT2D eigenvalue weighted by atomic mass is 35.5. The minimum absolute atomic E-state index is 0.0991. The smallest absolute Gasteiger partial charge is 0.376 e. The van der Waals surface area contributed by atoms with E-state index in [9.17, 15) is 36.2 Å². The molecular formula is C19H15ClF6O2. The molecule has 0 radical (unpaired) electrons. The Kier molecular flexibility index (Phi) is 6.16. The quantitative estimate of drug-likeness (QED) is 0.476. The first kappa shape index (κ1) is 22.2. The minimum Gasteiger partial charge on any atom is -0.376 e. The molecule has 0 saturated carbocycles. The highest BCUT2D eigenvalue weighted by Crippen LogP contribution is 2.44. The van der Waals surface area contributed by atoms with Crippen molar-refractivity contribution in [1.29, 1.82) is 0 Å². The standard InChI is InChI=1S/C19H15ClF6O2/c1-2-11-3-5-12(6-4-11)16(27)10-17(28,19(24,25)26)13-7-14(18(21,22)23)9-15(20)8-13/h3-9,28H,2,10H2,1H3. The van der Waals surface area contributed by atoms with Gasteiger partial charge in [-0.2, -0.15) is 26.3 Å². The SMILES string of the molecule is CCc1ccc(C(=O)CC(O)(c2cc(Cl)cc(C(F)(F)F)c2)C(F)(F)F)cc1. The first-order chi connectivity index (χ1) is 12.8. The molecule has 0 aliphatic rings. The van der Waals surface area contributed by atoms with Gasteiger partial charge in [-0.3, -0.25) is 4.79 Å². The van der Waals surface area contributed by atoms with Crippen molar-refractivity contribution in [3.63, 3.8) is 0 Å². The first-order valence-electron chi connectivity index (χ1n) is 8.07. The monoisotopic (exact) mass is 424 g/mol. The fraction of sp³-hybridized carbons (Fsp3) is 0.316. The topological polar surface area (TPSA) is 37.3 Å². The summed E-state index contributed by atoms with van der Waals surface area (Å²) in [6.07, 6.45) is -11.2. The van der Waals surface area contributed by atoms with Crippen molar-refractivity contribution in [2.24, 2.45) is 0 Å². The summed E-state index contributed by atoms with van der Waals surface area (Å²) in [6.45, 7) is 1.84. The van der Waals surface area contributed by atoms with Crippen LogP contribution in [0.15, 0.2) is 42.5 Å². The number of aryl methyl sites for hydroxylation is 1. The van der Waals surface area contributed by atoms with Crippen molar-refractivity contribution in [2.75, 3.05) is 0 Å². The molecule has 1 atom stereocenters. The molecule has 0 aliphatic heterocycles. The van der Waals surface area contributed by atoms with Gasteiger partial charge in [-0.15, -0.1) is 0 Å². The second-order valence-corrected chi connectivity index (χ2v) is 6.67. The lowest BCUT2D eigenvalue weighted by Crippen LogP contribution is -2.44. The van der Waals surface area contributed by atoms with Crippen LogP contribution in [0.25, 0.3) is 0 Å². The fourth-order valence-corrected chi connectivity index (χ4v) is 2.85. The van der Waals surface area contributed by atoms with Gasteiger partial charge in [0.2, 0.25) is 0 Å². The predicted octanol–water partition coefficient (Wildman–Crippen LogP) is 5.94. The summed E-state index contributed by atoms with van der Waals surface area (Å²) in [6, 6.07) is 6.84. The molecular weight excluding hydrogens is 410 g/mol. The maximum atomic E-state index is 13.6. The maximum absolute atomic E-state index is 13.6. The molecule has 152 valence electrons. The Morgan fingerprint density at radius 3 is 1.96 bits per heavy atom. The summed E-state index contributed by atoms with van der Waals surface area (Å²) < 4.78 is 79.7. The second-order valence-electron chi connectivity index (χ2n) is 6.23. The summed E-state index contributed by atoms with van der Waals surface area (Å²) in [5, 5.41) is 9.65. The number of Topliss-reactive ketones (excluding diaryl/α,β-unsaturated/α-hetero) is 1. The Bertz CT molecular complexity index is 858. The van der Waals surface area contributed by atoms with Gasteiger partial charge in [0.1, 0.15) is 0 Å². The number of carbonyl (C=O) groups excluding carboxylic acids is 1. The van der Waals surface area contributed by atoms with Gasteiger partial charge in [0.25, 0.3) is 0 Å². The van der Waals surface area contributed by atoms with Crippen LogP contribution in [0.1, 0.15) is 40.4 Å². The Labute approximate surface area is 161 Å². The zero-order valence-corrected chi connectivity index (χ0v) is 15.2. The van der Waals surface area contributed by atoms with Gasteiger partial charge in [-0.25, -0.2) is 0 Å². The molecule has 1 N–H and O–H groups in total. The molecule has 9 heteroatoms. The molecule has 28 heavy (non-hydrogen) atoms. The third-order valence-electron chi connectivity index (χ3n) is 4.27. The van der Waals surface area contributed by atoms with Crippen LogP contribution in [0, 0.1) is 0 Å². The van der Waals surface area contributed by atoms with E-state index in [0.29, 0.717) is 18.6 Å². The number of halogens is 7. The van der Waals surface area contributed by atoms with Crippen LogP contribution in [0.3, 0.4) is 0 Å². The molecule has 0 spiro atoms. The molecule has 0 fully saturated rings. The Hall–Kier alpha value is -2.06. The van der Waals surface area contributed by atoms with Crippen molar-refractivity contribution < 1.29 is 36.2 Å². The van der Waals surface area contributed by atoms with Gasteiger partial charge in [0, 0.05) is 10.6 Å². The lowest BCUT2D eigenvalue weighted by Gasteiger charge is -2.31. The van der Waals surface area contributed by atoms with Gasteiger partial charge in [0.15, 0.2) is 11.4 Å². The molecule has 1 unspecified atom stereocenters. The fourth-order valence-electron chi connectivity index (χ4n) is 2.62. The lowest BCUT2D eigenvalue weighted by atomic mass is 9.85. The summed E-state index contributed by atoms with van der Waals surface area (Å²) in [5.74, 6) is -1.07. The highest BCUT2D eigenvalue weighted by molar-refractivity contribution is 6.30. The van der Waals surface area contributed by atoms with Crippen molar-refractivity contribution in [2.45, 2.75) is 37.7 Å². The van der Waals surface area contributed by atoms with Crippen LogP contribution in [0.4, 0.5) is 26.3 Å². The molecule has 0 heterocycles. The van der Waals surface area contributed by atoms with Gasteiger partial charge in [-0.1, -0.05) is 42.8 Å². The van der Waals surface area contributed by atoms with Crippen LogP contribution < -0.4 is 0 Å². The van der Waals surface area contributed by atoms with Crippen molar-refractivity contribution in [3.8, 4) is 0 Å². The molecule has 0 aliphatic carbocycles. The molecule has 0 aromatic heterocycles. The lowest BCUT2D eigenvalue weighted by molar-refractivity contribution is -0.265. The summed E-state index contributed by atoms with van der Waals surface area (Å²) >= 11 is 5.54. The van der Waals surface area contributed by atoms with Crippen LogP contribution in [0.2, 0.25) is 5.02 Å². The van der Waals surface area contributed by atoms with E-state index < -0.39 is 46.3 Å². The van der Waals surface area contributed by atoms with E-state index in [1.807, 2.05) is 6.92 Å². The van der Waals surface area contributed by atoms with Crippen molar-refractivity contribution in [1.82, 2.24) is 0 Å². The van der Waals surface area contributed by atoms with Crippen LogP contribution in [0.5, 0.6) is 0 Å². The van der Waals surface area contributed by atoms with Crippen molar-refractivity contribution >= 4 is 17.4 Å². The molecule has 0 amide bonds. The first-order valence-corrected chi connectivity index (χ1v) is 8.45. The molecule has 0 bridgehead atoms. The Morgan fingerprint density at radius 2 is 1.50 bits per heavy atom. The summed E-state index contributed by atoms with van der Waals surface area (Å²) in [7, 11) is 0. The number of hydrogen-bond donors (Lipinski definition) is 1. The zero-order valence-electron chi connectivity index (χ0n) is 14.5. The third kappa shape index (κ3) is 4.67. The second kappa shape index (κ2) is 7.75. The number of hydrogen-bond acceptors (Lipinski definition) is 2. The summed E-state index contributed by atoms with van der Waals surface area (Å²) in [4.78, 5) is 12.3. The highest BCUT2D eigenvalue weighted by Gasteiger charge is 2.56. The van der Waals surface area contributed by atoms with E-state index in [-0.39, 0.29) is 11.6 Å². The largest absolute Gasteiger partial charge is 0.421 e. The molecule has 2 rings (SSSR count). The number of alkyl halides is 6. The maximum Gasteiger partial charge on any atom is 0.421 e. The molecule has 2 aromatic carbocycles. The normalized spacial score (nSPS) is 14.6. The van der Waals surface area contributed by atoms with E-state index in [1.165, 1.54) is 12.1 Å². The average Bonchev–Trinajstić information content (AvgIpc) is 2.59. The van der Waals surface area contributed by atoms with E-state index >= 15 is 0 Å². The van der Waals surface area contributed by atoms with Crippen LogP contribution in [-0.2, 0) is 18.2 Å². The number of carbonyl (C=O) groups is 1. The zero-order chi connectivity index (χ0) is 21.3. The van der Waals surface area contributed by atoms with E-state index in [1.54, 1.807) is 12.1 Å². The number of benzene rings is 2. The van der Waals surface area contributed by atoms with Crippen molar-refractivity contribution in [3.05, 3.63) is 69.7 Å². The van der Waals surface area contributed by atoms with Gasteiger partial charge < -0.3 is 5.11 Å². The Morgan fingerprint density at radius 1 is 0.964 bits per heavy atom. The predicted molar refractivity (Wildman–Crippen MR) is 91.2 cm³/mol. The van der Waals surface area contributed by atoms with E-state index in [2.05, 4.69) is 0 Å². The van der Waals surface area contributed by atoms with Crippen LogP contribution >= 0.6 is 11.6 Å². The third-order valence-corrected chi connectivity index (χ3v) is 4.49. The van der Waals surface area contributed by atoms with Crippen LogP contribution in [-0.4, -0.2) is 17.1 Å².